The number of hydrogen-bond donors (Lipinski definition) is 1. The van der Waals surface area contributed by atoms with Crippen LogP contribution < -0.4 is 10.1 Å². The van der Waals surface area contributed by atoms with Crippen molar-refractivity contribution < 1.29 is 4.74 Å². The van der Waals surface area contributed by atoms with E-state index in [-0.39, 0.29) is 5.54 Å². The molecule has 1 aromatic carbocycles. The van der Waals surface area contributed by atoms with Crippen molar-refractivity contribution in [2.24, 2.45) is 0 Å². The van der Waals surface area contributed by atoms with Gasteiger partial charge in [0.2, 0.25) is 0 Å². The van der Waals surface area contributed by atoms with E-state index in [1.807, 2.05) is 0 Å². The van der Waals surface area contributed by atoms with Crippen LogP contribution in [0.15, 0.2) is 30.4 Å². The molecule has 0 fully saturated rings. The summed E-state index contributed by atoms with van der Waals surface area (Å²) in [6, 6.07) is 6.44. The molecule has 2 heteroatoms. The van der Waals surface area contributed by atoms with Crippen LogP contribution >= 0.6 is 0 Å². The normalized spacial score (nSPS) is 11.8. The lowest BCUT2D eigenvalue weighted by atomic mass is 10.0. The molecule has 0 aliphatic carbocycles. The van der Waals surface area contributed by atoms with E-state index in [2.05, 4.69) is 71.6 Å². The van der Waals surface area contributed by atoms with Gasteiger partial charge in [-0.1, -0.05) is 32.6 Å². The van der Waals surface area contributed by atoms with Crippen LogP contribution in [-0.4, -0.2) is 18.7 Å². The van der Waals surface area contributed by atoms with Crippen LogP contribution in [0.1, 0.15) is 51.7 Å². The van der Waals surface area contributed by atoms with Gasteiger partial charge in [-0.25, -0.2) is 0 Å². The van der Waals surface area contributed by atoms with E-state index >= 15 is 0 Å². The molecule has 0 spiro atoms. The second-order valence-electron chi connectivity index (χ2n) is 6.82. The van der Waals surface area contributed by atoms with E-state index in [0.29, 0.717) is 12.5 Å². The van der Waals surface area contributed by atoms with Crippen LogP contribution in [0.5, 0.6) is 5.75 Å². The smallest absolute Gasteiger partial charge is 0.122 e. The molecule has 112 valence electrons. The van der Waals surface area contributed by atoms with E-state index in [4.69, 9.17) is 4.74 Å². The highest BCUT2D eigenvalue weighted by molar-refractivity contribution is 5.38. The van der Waals surface area contributed by atoms with Gasteiger partial charge in [-0.05, 0) is 56.4 Å². The average molecular weight is 275 g/mol. The van der Waals surface area contributed by atoms with Crippen LogP contribution in [0.4, 0.5) is 0 Å². The maximum absolute atomic E-state index is 5.92. The number of aryl methyl sites for hydroxylation is 1. The monoisotopic (exact) mass is 275 g/mol. The van der Waals surface area contributed by atoms with Crippen molar-refractivity contribution in [3.8, 4) is 5.75 Å². The summed E-state index contributed by atoms with van der Waals surface area (Å²) in [7, 11) is 0. The molecule has 1 rings (SSSR count). The number of rotatable bonds is 6. The summed E-state index contributed by atoms with van der Waals surface area (Å²) in [6.45, 7) is 18.3. The van der Waals surface area contributed by atoms with Gasteiger partial charge in [0.15, 0.2) is 0 Å². The van der Waals surface area contributed by atoms with Gasteiger partial charge in [0.1, 0.15) is 12.4 Å². The fraction of sp³-hybridized carbons (Fsp3) is 0.556. The Morgan fingerprint density at radius 2 is 1.95 bits per heavy atom. The lowest BCUT2D eigenvalue weighted by Crippen LogP contribution is -2.37. The van der Waals surface area contributed by atoms with Gasteiger partial charge >= 0.3 is 0 Å². The van der Waals surface area contributed by atoms with Gasteiger partial charge in [-0.3, -0.25) is 0 Å². The van der Waals surface area contributed by atoms with Gasteiger partial charge in [0.05, 0.1) is 0 Å². The van der Waals surface area contributed by atoms with Crippen LogP contribution in [-0.2, 0) is 0 Å². The summed E-state index contributed by atoms with van der Waals surface area (Å²) in [5.74, 6) is 1.48. The predicted molar refractivity (Wildman–Crippen MR) is 87.7 cm³/mol. The minimum Gasteiger partial charge on any atom is -0.489 e. The Kier molecular flexibility index (Phi) is 5.82. The van der Waals surface area contributed by atoms with Crippen LogP contribution in [0.25, 0.3) is 0 Å². The van der Waals surface area contributed by atoms with Crippen molar-refractivity contribution in [2.75, 3.05) is 13.2 Å². The molecule has 0 radical (unpaired) electrons. The minimum atomic E-state index is 0.108. The Morgan fingerprint density at radius 3 is 2.50 bits per heavy atom. The fourth-order valence-electron chi connectivity index (χ4n) is 1.75. The molecule has 0 aliphatic rings. The number of nitrogens with one attached hydrogen (secondary N) is 1. The zero-order valence-electron chi connectivity index (χ0n) is 13.8. The molecule has 0 aromatic heterocycles. The van der Waals surface area contributed by atoms with E-state index in [0.717, 1.165) is 17.9 Å². The van der Waals surface area contributed by atoms with Crippen molar-refractivity contribution in [3.63, 3.8) is 0 Å². The molecule has 2 nitrogen and oxygen atoms in total. The lowest BCUT2D eigenvalue weighted by Gasteiger charge is -2.21. The van der Waals surface area contributed by atoms with Gasteiger partial charge in [0, 0.05) is 12.1 Å². The Labute approximate surface area is 124 Å². The number of ether oxygens (including phenoxy) is 1. The van der Waals surface area contributed by atoms with E-state index < -0.39 is 0 Å². The third kappa shape index (κ3) is 5.79. The second kappa shape index (κ2) is 6.94. The van der Waals surface area contributed by atoms with Crippen LogP contribution in [0.2, 0.25) is 0 Å². The summed E-state index contributed by atoms with van der Waals surface area (Å²) < 4.78 is 5.92. The Bertz CT molecular complexity index is 455. The summed E-state index contributed by atoms with van der Waals surface area (Å²) in [5, 5.41) is 3.42. The van der Waals surface area contributed by atoms with Crippen molar-refractivity contribution in [1.82, 2.24) is 5.32 Å². The van der Waals surface area contributed by atoms with E-state index in [1.165, 1.54) is 11.1 Å². The molecule has 1 N–H and O–H groups in total. The molecule has 0 unspecified atom stereocenters. The highest BCUT2D eigenvalue weighted by atomic mass is 16.5. The SMILES string of the molecule is C=C(CNC(C)(C)C)COc1cc(C(C)C)ccc1C. The predicted octanol–water partition coefficient (Wildman–Crippen LogP) is 4.44. The van der Waals surface area contributed by atoms with Gasteiger partial charge < -0.3 is 10.1 Å². The third-order valence-corrected chi connectivity index (χ3v) is 3.18. The maximum atomic E-state index is 5.92. The van der Waals surface area contributed by atoms with Crippen molar-refractivity contribution >= 4 is 0 Å². The molecule has 0 aliphatic heterocycles. The standard InChI is InChI=1S/C18H29NO/c1-13(2)16-9-8-15(4)17(10-16)20-12-14(3)11-19-18(5,6)7/h8-10,13,19H,3,11-12H2,1-2,4-7H3. The van der Waals surface area contributed by atoms with E-state index in [1.54, 1.807) is 0 Å². The molecule has 20 heavy (non-hydrogen) atoms. The van der Waals surface area contributed by atoms with Gasteiger partial charge in [0.25, 0.3) is 0 Å². The molecule has 0 amide bonds. The highest BCUT2D eigenvalue weighted by Crippen LogP contribution is 2.24. The molecule has 0 bridgehead atoms. The average Bonchev–Trinajstić information content (AvgIpc) is 2.34. The fourth-order valence-corrected chi connectivity index (χ4v) is 1.75. The summed E-state index contributed by atoms with van der Waals surface area (Å²) in [6.07, 6.45) is 0. The minimum absolute atomic E-state index is 0.108. The topological polar surface area (TPSA) is 21.3 Å². The van der Waals surface area contributed by atoms with Crippen molar-refractivity contribution in [1.29, 1.82) is 0 Å². The summed E-state index contributed by atoms with van der Waals surface area (Å²) in [5.41, 5.74) is 3.65. The van der Waals surface area contributed by atoms with Crippen LogP contribution in [0.3, 0.4) is 0 Å². The second-order valence-corrected chi connectivity index (χ2v) is 6.82. The Hall–Kier alpha value is -1.28. The first-order chi connectivity index (χ1) is 9.19. The molecule has 0 heterocycles. The summed E-state index contributed by atoms with van der Waals surface area (Å²) in [4.78, 5) is 0. The number of benzene rings is 1. The van der Waals surface area contributed by atoms with Crippen LogP contribution in [0, 0.1) is 6.92 Å². The number of hydrogen-bond acceptors (Lipinski definition) is 2. The van der Waals surface area contributed by atoms with Crippen molar-refractivity contribution in [3.05, 3.63) is 41.5 Å². The maximum Gasteiger partial charge on any atom is 0.122 e. The summed E-state index contributed by atoms with van der Waals surface area (Å²) >= 11 is 0. The molecule has 0 saturated heterocycles. The molecule has 0 saturated carbocycles. The van der Waals surface area contributed by atoms with E-state index in [9.17, 15) is 0 Å². The molecular formula is C18H29NO. The Balaban J connectivity index is 2.57. The highest BCUT2D eigenvalue weighted by Gasteiger charge is 2.10. The first kappa shape index (κ1) is 16.8. The zero-order valence-corrected chi connectivity index (χ0v) is 13.8. The third-order valence-electron chi connectivity index (χ3n) is 3.18. The first-order valence-corrected chi connectivity index (χ1v) is 7.34. The lowest BCUT2D eigenvalue weighted by molar-refractivity contribution is 0.339. The molecule has 1 aromatic rings. The quantitative estimate of drug-likeness (QED) is 0.775. The first-order valence-electron chi connectivity index (χ1n) is 7.34. The van der Waals surface area contributed by atoms with Crippen molar-refractivity contribution in [2.45, 2.75) is 53.0 Å². The Morgan fingerprint density at radius 1 is 1.30 bits per heavy atom. The van der Waals surface area contributed by atoms with Gasteiger partial charge in [-0.2, -0.15) is 0 Å². The van der Waals surface area contributed by atoms with Gasteiger partial charge in [-0.15, -0.1) is 0 Å². The molecular weight excluding hydrogens is 246 g/mol. The molecule has 0 atom stereocenters. The largest absolute Gasteiger partial charge is 0.489 e. The zero-order chi connectivity index (χ0) is 15.3.